The SMILES string of the molecule is COc1cc2c3c(c(C4CC4)nc2cc1OCCCN1CCCC1)CCC(C)(C)N3. The first-order valence-corrected chi connectivity index (χ1v) is 11.7. The Morgan fingerprint density at radius 1 is 1.17 bits per heavy atom. The molecule has 2 aliphatic heterocycles. The highest BCUT2D eigenvalue weighted by Crippen LogP contribution is 2.48. The highest BCUT2D eigenvalue weighted by atomic mass is 16.5. The summed E-state index contributed by atoms with van der Waals surface area (Å²) in [6, 6.07) is 4.22. The summed E-state index contributed by atoms with van der Waals surface area (Å²) in [6.45, 7) is 8.88. The van der Waals surface area contributed by atoms with Crippen LogP contribution in [-0.2, 0) is 6.42 Å². The molecule has 3 aliphatic rings. The van der Waals surface area contributed by atoms with Crippen molar-refractivity contribution in [1.29, 1.82) is 0 Å². The van der Waals surface area contributed by atoms with Crippen LogP contribution in [0.5, 0.6) is 11.5 Å². The Kier molecular flexibility index (Phi) is 5.26. The molecule has 5 nitrogen and oxygen atoms in total. The highest BCUT2D eigenvalue weighted by molar-refractivity contribution is 5.96. The van der Waals surface area contributed by atoms with E-state index in [1.54, 1.807) is 7.11 Å². The van der Waals surface area contributed by atoms with E-state index in [-0.39, 0.29) is 5.54 Å². The summed E-state index contributed by atoms with van der Waals surface area (Å²) in [5.74, 6) is 2.26. The lowest BCUT2D eigenvalue weighted by atomic mass is 9.86. The Morgan fingerprint density at radius 3 is 2.70 bits per heavy atom. The molecule has 0 atom stereocenters. The molecule has 5 heteroatoms. The van der Waals surface area contributed by atoms with E-state index in [0.29, 0.717) is 12.5 Å². The number of pyridine rings is 1. The number of rotatable bonds is 7. The molecule has 1 aromatic heterocycles. The fourth-order valence-corrected chi connectivity index (χ4v) is 5.01. The fraction of sp³-hybridized carbons (Fsp3) is 0.640. The van der Waals surface area contributed by atoms with Gasteiger partial charge in [0.25, 0.3) is 0 Å². The van der Waals surface area contributed by atoms with Crippen LogP contribution in [0.1, 0.15) is 69.5 Å². The fourth-order valence-electron chi connectivity index (χ4n) is 5.01. The number of likely N-dealkylation sites (tertiary alicyclic amines) is 1. The number of nitrogens with zero attached hydrogens (tertiary/aromatic N) is 2. The summed E-state index contributed by atoms with van der Waals surface area (Å²) < 4.78 is 11.9. The minimum absolute atomic E-state index is 0.0973. The van der Waals surface area contributed by atoms with E-state index in [0.717, 1.165) is 48.2 Å². The highest BCUT2D eigenvalue weighted by Gasteiger charge is 2.34. The van der Waals surface area contributed by atoms with Crippen LogP contribution in [-0.4, -0.2) is 48.8 Å². The van der Waals surface area contributed by atoms with Gasteiger partial charge >= 0.3 is 0 Å². The first-order valence-electron chi connectivity index (χ1n) is 11.7. The van der Waals surface area contributed by atoms with Gasteiger partial charge in [-0.2, -0.15) is 0 Å². The summed E-state index contributed by atoms with van der Waals surface area (Å²) in [5.41, 5.74) is 5.12. The summed E-state index contributed by atoms with van der Waals surface area (Å²) in [5, 5.41) is 4.97. The molecule has 1 aliphatic carbocycles. The Morgan fingerprint density at radius 2 is 1.97 bits per heavy atom. The summed E-state index contributed by atoms with van der Waals surface area (Å²) in [7, 11) is 1.73. The lowest BCUT2D eigenvalue weighted by molar-refractivity contribution is 0.254. The minimum atomic E-state index is 0.0973. The van der Waals surface area contributed by atoms with Crippen molar-refractivity contribution in [2.75, 3.05) is 38.7 Å². The number of hydrogen-bond acceptors (Lipinski definition) is 5. The summed E-state index contributed by atoms with van der Waals surface area (Å²) in [4.78, 5) is 7.67. The van der Waals surface area contributed by atoms with Crippen LogP contribution in [0.4, 0.5) is 5.69 Å². The van der Waals surface area contributed by atoms with Gasteiger partial charge in [-0.05, 0) is 83.5 Å². The first-order chi connectivity index (χ1) is 14.5. The van der Waals surface area contributed by atoms with Gasteiger partial charge in [-0.3, -0.25) is 4.98 Å². The van der Waals surface area contributed by atoms with Gasteiger partial charge in [-0.15, -0.1) is 0 Å². The Hall–Kier alpha value is -2.01. The van der Waals surface area contributed by atoms with Crippen molar-refractivity contribution in [3.63, 3.8) is 0 Å². The van der Waals surface area contributed by atoms with Crippen LogP contribution in [0, 0.1) is 0 Å². The molecule has 1 aromatic carbocycles. The number of aromatic nitrogens is 1. The molecule has 0 radical (unpaired) electrons. The number of methoxy groups -OCH3 is 1. The van der Waals surface area contributed by atoms with E-state index in [9.17, 15) is 0 Å². The average Bonchev–Trinajstić information content (AvgIpc) is 3.44. The minimum Gasteiger partial charge on any atom is -0.493 e. The molecule has 0 unspecified atom stereocenters. The van der Waals surface area contributed by atoms with Gasteiger partial charge in [0.15, 0.2) is 11.5 Å². The number of hydrogen-bond donors (Lipinski definition) is 1. The monoisotopic (exact) mass is 409 g/mol. The van der Waals surface area contributed by atoms with Crippen LogP contribution in [0.3, 0.4) is 0 Å². The molecule has 2 fully saturated rings. The molecule has 2 aromatic rings. The van der Waals surface area contributed by atoms with Gasteiger partial charge in [0, 0.05) is 40.8 Å². The van der Waals surface area contributed by atoms with Gasteiger partial charge in [-0.25, -0.2) is 0 Å². The van der Waals surface area contributed by atoms with Crippen LogP contribution in [0.2, 0.25) is 0 Å². The molecular formula is C25H35N3O2. The van der Waals surface area contributed by atoms with E-state index >= 15 is 0 Å². The molecule has 0 amide bonds. The van der Waals surface area contributed by atoms with Crippen molar-refractivity contribution in [3.05, 3.63) is 23.4 Å². The molecule has 1 saturated carbocycles. The molecule has 30 heavy (non-hydrogen) atoms. The van der Waals surface area contributed by atoms with E-state index in [1.807, 2.05) is 0 Å². The number of fused-ring (bicyclic) bond motifs is 3. The maximum absolute atomic E-state index is 6.18. The van der Waals surface area contributed by atoms with Crippen molar-refractivity contribution >= 4 is 16.6 Å². The third kappa shape index (κ3) is 3.96. The second-order valence-corrected chi connectivity index (χ2v) is 9.90. The summed E-state index contributed by atoms with van der Waals surface area (Å²) >= 11 is 0. The Balaban J connectivity index is 1.44. The van der Waals surface area contributed by atoms with E-state index in [2.05, 4.69) is 36.2 Å². The van der Waals surface area contributed by atoms with Gasteiger partial charge in [0.05, 0.1) is 19.2 Å². The van der Waals surface area contributed by atoms with E-state index < -0.39 is 0 Å². The smallest absolute Gasteiger partial charge is 0.163 e. The quantitative estimate of drug-likeness (QED) is 0.643. The first kappa shape index (κ1) is 19.9. The van der Waals surface area contributed by atoms with Crippen LogP contribution < -0.4 is 14.8 Å². The van der Waals surface area contributed by atoms with Crippen molar-refractivity contribution in [2.45, 2.75) is 70.3 Å². The standard InChI is InChI=1S/C25H35N3O2/c1-25(2)10-9-18-23(17-7-8-17)26-20-16-22(21(29-3)15-19(20)24(18)27-25)30-14-6-13-28-11-4-5-12-28/h15-17,27H,4-14H2,1-3H3. The zero-order valence-electron chi connectivity index (χ0n) is 18.7. The van der Waals surface area contributed by atoms with Gasteiger partial charge < -0.3 is 19.7 Å². The van der Waals surface area contributed by atoms with Gasteiger partial charge in [-0.1, -0.05) is 0 Å². The molecular weight excluding hydrogens is 374 g/mol. The second kappa shape index (κ2) is 7.92. The van der Waals surface area contributed by atoms with Crippen molar-refractivity contribution < 1.29 is 9.47 Å². The maximum Gasteiger partial charge on any atom is 0.163 e. The third-order valence-corrected chi connectivity index (χ3v) is 6.91. The topological polar surface area (TPSA) is 46.6 Å². The van der Waals surface area contributed by atoms with E-state index in [1.165, 1.54) is 55.7 Å². The van der Waals surface area contributed by atoms with Gasteiger partial charge in [0.1, 0.15) is 0 Å². The number of anilines is 1. The van der Waals surface area contributed by atoms with Crippen molar-refractivity contribution in [3.8, 4) is 11.5 Å². The number of ether oxygens (including phenoxy) is 2. The number of benzene rings is 1. The average molecular weight is 410 g/mol. The zero-order chi connectivity index (χ0) is 20.7. The largest absolute Gasteiger partial charge is 0.493 e. The molecule has 0 bridgehead atoms. The van der Waals surface area contributed by atoms with Crippen molar-refractivity contribution in [1.82, 2.24) is 9.88 Å². The summed E-state index contributed by atoms with van der Waals surface area (Å²) in [6.07, 6.45) is 8.49. The van der Waals surface area contributed by atoms with Crippen LogP contribution in [0.25, 0.3) is 10.9 Å². The number of nitrogens with one attached hydrogen (secondary N) is 1. The molecule has 162 valence electrons. The maximum atomic E-state index is 6.18. The molecule has 0 spiro atoms. The normalized spacial score (nSPS) is 20.8. The predicted molar refractivity (Wildman–Crippen MR) is 122 cm³/mol. The Bertz CT molecular complexity index is 930. The third-order valence-electron chi connectivity index (χ3n) is 6.91. The second-order valence-electron chi connectivity index (χ2n) is 9.90. The predicted octanol–water partition coefficient (Wildman–Crippen LogP) is 5.12. The van der Waals surface area contributed by atoms with Gasteiger partial charge in [0.2, 0.25) is 0 Å². The lowest BCUT2D eigenvalue weighted by Gasteiger charge is -2.35. The van der Waals surface area contributed by atoms with Crippen LogP contribution in [0.15, 0.2) is 12.1 Å². The van der Waals surface area contributed by atoms with Crippen LogP contribution >= 0.6 is 0 Å². The molecule has 3 heterocycles. The lowest BCUT2D eigenvalue weighted by Crippen LogP contribution is -2.35. The molecule has 1 saturated heterocycles. The molecule has 1 N–H and O–H groups in total. The van der Waals surface area contributed by atoms with Crippen molar-refractivity contribution in [2.24, 2.45) is 0 Å². The zero-order valence-corrected chi connectivity index (χ0v) is 18.7. The molecule has 5 rings (SSSR count). The Labute approximate surface area is 180 Å². The van der Waals surface area contributed by atoms with E-state index in [4.69, 9.17) is 14.5 Å².